The van der Waals surface area contributed by atoms with Gasteiger partial charge in [-0.3, -0.25) is 6.08 Å². The van der Waals surface area contributed by atoms with Gasteiger partial charge in [0.2, 0.25) is 0 Å². The first-order valence-corrected chi connectivity index (χ1v) is 21.6. The van der Waals surface area contributed by atoms with Crippen LogP contribution in [0.15, 0.2) is 96.6 Å². The van der Waals surface area contributed by atoms with Crippen molar-refractivity contribution < 1.29 is 49.0 Å². The van der Waals surface area contributed by atoms with Crippen LogP contribution >= 0.6 is 0 Å². The molecule has 4 fully saturated rings. The van der Waals surface area contributed by atoms with Crippen molar-refractivity contribution in [2.24, 2.45) is 35.5 Å². The Morgan fingerprint density at radius 1 is 0.655 bits per heavy atom. The summed E-state index contributed by atoms with van der Waals surface area (Å²) in [5.41, 5.74) is 15.7. The van der Waals surface area contributed by atoms with Crippen LogP contribution in [-0.4, -0.2) is 3.21 Å². The Morgan fingerprint density at radius 2 is 1.16 bits per heavy atom. The second kappa shape index (κ2) is 17.7. The first-order valence-electron chi connectivity index (χ1n) is 20.3. The van der Waals surface area contributed by atoms with Crippen molar-refractivity contribution in [3.63, 3.8) is 0 Å². The summed E-state index contributed by atoms with van der Waals surface area (Å²) in [4.78, 5) is 0. The molecule has 0 amide bonds. The van der Waals surface area contributed by atoms with Gasteiger partial charge < -0.3 is 24.8 Å². The van der Waals surface area contributed by atoms with Gasteiger partial charge in [0.25, 0.3) is 0 Å². The fraction of sp³-hybridized carbons (Fsp3) is 0.442. The van der Waals surface area contributed by atoms with Gasteiger partial charge in [0.15, 0.2) is 0 Å². The number of benzene rings is 4. The van der Waals surface area contributed by atoms with E-state index in [1.165, 1.54) is 109 Å². The molecule has 0 spiro atoms. The van der Waals surface area contributed by atoms with Crippen LogP contribution in [0.25, 0.3) is 11.1 Å². The third-order valence-electron chi connectivity index (χ3n) is 12.8. The summed E-state index contributed by atoms with van der Waals surface area (Å²) < 4.78 is 1.42. The zero-order chi connectivity index (χ0) is 37.7. The number of allylic oxidation sites excluding steroid dienone is 4. The Labute approximate surface area is 361 Å². The molecule has 288 valence electrons. The minimum atomic E-state index is 0. The molecular weight excluding hydrogens is 787 g/mol. The van der Waals surface area contributed by atoms with Crippen LogP contribution in [0.1, 0.15) is 125 Å². The molecule has 0 radical (unpaired) electrons. The predicted octanol–water partition coefficient (Wildman–Crippen LogP) is 7.07. The van der Waals surface area contributed by atoms with Crippen molar-refractivity contribution >= 4 is 3.21 Å². The van der Waals surface area contributed by atoms with Crippen molar-refractivity contribution in [1.29, 1.82) is 0 Å². The van der Waals surface area contributed by atoms with Crippen molar-refractivity contribution in [1.82, 2.24) is 0 Å². The largest absolute Gasteiger partial charge is 1.00 e. The standard InChI is InChI=1S/C21H25.C16H21.C15H14.2ClH.Zr/c1-20(2,3)16-9-7-14-11-15-8-10-17(21(4,5)6)13-19(15)18(14)12-16;1-10-2-3-13(4-10)16-14-6-11-5-12(8-14)9-15(16)7-11;1-12-3-7-14(8-4-12)11-15-9-5-13(2)6-10-15;;;/h7,9-10,12-13H,11H2,1-6H3;3-4,10-12,14-16H,5-9H2,1H3;3-10H,1-2H3;2*1H;/q2*-1;;;;+2/p-2. The molecule has 4 aromatic rings. The molecule has 4 aromatic carbocycles. The van der Waals surface area contributed by atoms with Crippen LogP contribution in [0.3, 0.4) is 0 Å². The third kappa shape index (κ3) is 10.1. The van der Waals surface area contributed by atoms with E-state index in [0.717, 1.165) is 36.0 Å². The summed E-state index contributed by atoms with van der Waals surface area (Å²) in [5.74, 6) is 5.77. The topological polar surface area (TPSA) is 0 Å². The van der Waals surface area contributed by atoms with E-state index in [4.69, 9.17) is 0 Å². The van der Waals surface area contributed by atoms with E-state index in [9.17, 15) is 0 Å². The number of halogens is 2. The number of aryl methyl sites for hydroxylation is 2. The molecule has 0 aliphatic heterocycles. The number of fused-ring (bicyclic) bond motifs is 3. The second-order valence-corrected chi connectivity index (χ2v) is 20.4. The van der Waals surface area contributed by atoms with Gasteiger partial charge in [0.05, 0.1) is 0 Å². The van der Waals surface area contributed by atoms with Gasteiger partial charge in [-0.05, 0) is 73.2 Å². The molecule has 0 N–H and O–H groups in total. The Balaban J connectivity index is 0.000000157. The first kappa shape index (κ1) is 43.8. The van der Waals surface area contributed by atoms with Crippen LogP contribution in [0.4, 0.5) is 0 Å². The molecule has 6 aliphatic rings. The summed E-state index contributed by atoms with van der Waals surface area (Å²) in [5, 5.41) is 0. The van der Waals surface area contributed by atoms with E-state index in [2.05, 4.69) is 165 Å². The molecule has 3 heteroatoms. The van der Waals surface area contributed by atoms with Gasteiger partial charge in [-0.25, -0.2) is 6.08 Å². The molecule has 1 atom stereocenters. The fourth-order valence-corrected chi connectivity index (χ4v) is 10.7. The molecule has 0 nitrogen and oxygen atoms in total. The van der Waals surface area contributed by atoms with E-state index < -0.39 is 0 Å². The minimum Gasteiger partial charge on any atom is -1.00 e. The number of hydrogen-bond acceptors (Lipinski definition) is 0. The zero-order valence-electron chi connectivity index (χ0n) is 34.6. The number of rotatable bonds is 3. The van der Waals surface area contributed by atoms with Crippen molar-refractivity contribution in [2.75, 3.05) is 0 Å². The smallest absolute Gasteiger partial charge is 1.00 e. The average molecular weight is 847 g/mol. The molecule has 1 unspecified atom stereocenters. The maximum Gasteiger partial charge on any atom is -1.00 e. The molecule has 4 bridgehead atoms. The summed E-state index contributed by atoms with van der Waals surface area (Å²) >= 11 is 1.46. The molecule has 0 saturated heterocycles. The number of hydrogen-bond donors (Lipinski definition) is 0. The summed E-state index contributed by atoms with van der Waals surface area (Å²) in [6.07, 6.45) is 17.0. The fourth-order valence-electron chi connectivity index (χ4n) is 9.88. The van der Waals surface area contributed by atoms with E-state index in [1.807, 2.05) is 0 Å². The normalized spacial score (nSPS) is 23.9. The minimum absolute atomic E-state index is 0. The first-order chi connectivity index (χ1) is 25.1. The van der Waals surface area contributed by atoms with E-state index in [1.54, 1.807) is 12.0 Å². The maximum absolute atomic E-state index is 3.53. The van der Waals surface area contributed by atoms with Gasteiger partial charge in [0.1, 0.15) is 0 Å². The maximum atomic E-state index is 3.53. The quantitative estimate of drug-likeness (QED) is 0.171. The van der Waals surface area contributed by atoms with E-state index in [0.29, 0.717) is 5.92 Å². The Bertz CT molecular complexity index is 1880. The third-order valence-corrected chi connectivity index (χ3v) is 14.2. The molecule has 55 heavy (non-hydrogen) atoms. The average Bonchev–Trinajstić information content (AvgIpc) is 3.70. The summed E-state index contributed by atoms with van der Waals surface area (Å²) in [6, 6.07) is 32.6. The van der Waals surface area contributed by atoms with Gasteiger partial charge >= 0.3 is 112 Å². The SMILES string of the molecule is CC(C)(C)c1c[c-]c2c(c1)-c1cc(C(C)(C)C)ccc1C2.CC1[C-]=CC(C2C3CC4CC(C3)CC2C4)=C1.Cc1ccc([C](=[Zr+2])c2ccc(C)cc2)cc1.[Cl-].[Cl-]. The van der Waals surface area contributed by atoms with E-state index >= 15 is 0 Å². The van der Waals surface area contributed by atoms with E-state index in [-0.39, 0.29) is 35.6 Å². The Morgan fingerprint density at radius 3 is 1.64 bits per heavy atom. The molecule has 0 heterocycles. The van der Waals surface area contributed by atoms with Crippen molar-refractivity contribution in [3.8, 4) is 11.1 Å². The zero-order valence-corrected chi connectivity index (χ0v) is 38.6. The second-order valence-electron chi connectivity index (χ2n) is 19.2. The van der Waals surface area contributed by atoms with Crippen LogP contribution in [-0.2, 0) is 41.5 Å². The van der Waals surface area contributed by atoms with Gasteiger partial charge in [0, 0.05) is 0 Å². The van der Waals surface area contributed by atoms with Crippen molar-refractivity contribution in [2.45, 2.75) is 112 Å². The monoisotopic (exact) mass is 844 g/mol. The molecule has 0 aromatic heterocycles. The van der Waals surface area contributed by atoms with Crippen LogP contribution in [0.5, 0.6) is 0 Å². The van der Waals surface area contributed by atoms with Crippen LogP contribution in [0, 0.1) is 61.5 Å². The molecule has 4 saturated carbocycles. The summed E-state index contributed by atoms with van der Waals surface area (Å²) in [7, 11) is 0. The predicted molar refractivity (Wildman–Crippen MR) is 222 cm³/mol. The Hall–Kier alpha value is -2.31. The van der Waals surface area contributed by atoms with Gasteiger partial charge in [-0.1, -0.05) is 95.0 Å². The molecule has 10 rings (SSSR count). The molecular formula is C52H60Cl2Zr-2. The van der Waals surface area contributed by atoms with Crippen molar-refractivity contribution in [3.05, 3.63) is 153 Å². The molecule has 6 aliphatic carbocycles. The van der Waals surface area contributed by atoms with Crippen LogP contribution in [0.2, 0.25) is 0 Å². The Kier molecular flexibility index (Phi) is 14.1. The van der Waals surface area contributed by atoms with Crippen LogP contribution < -0.4 is 24.8 Å². The summed E-state index contributed by atoms with van der Waals surface area (Å²) in [6.45, 7) is 20.2. The van der Waals surface area contributed by atoms with Gasteiger partial charge in [-0.2, -0.15) is 41.0 Å². The van der Waals surface area contributed by atoms with Gasteiger partial charge in [-0.15, -0.1) is 5.56 Å².